The van der Waals surface area contributed by atoms with E-state index in [0.29, 0.717) is 16.1 Å². The van der Waals surface area contributed by atoms with Crippen molar-refractivity contribution in [1.82, 2.24) is 5.32 Å². The van der Waals surface area contributed by atoms with Crippen LogP contribution in [0.2, 0.25) is 10.0 Å². The molecule has 1 aromatic carbocycles. The van der Waals surface area contributed by atoms with Crippen LogP contribution >= 0.6 is 34.5 Å². The summed E-state index contributed by atoms with van der Waals surface area (Å²) in [6.07, 6.45) is 1.15. The monoisotopic (exact) mass is 313 g/mol. The Morgan fingerprint density at radius 3 is 2.63 bits per heavy atom. The van der Waals surface area contributed by atoms with Gasteiger partial charge in [-0.1, -0.05) is 36.2 Å². The highest BCUT2D eigenvalue weighted by atomic mass is 35.5. The molecule has 1 aromatic heterocycles. The summed E-state index contributed by atoms with van der Waals surface area (Å²) in [5, 5.41) is 4.70. The van der Waals surface area contributed by atoms with Crippen LogP contribution in [0.3, 0.4) is 0 Å². The lowest BCUT2D eigenvalue weighted by Gasteiger charge is -2.10. The zero-order valence-electron chi connectivity index (χ0n) is 11.0. The Morgan fingerprint density at radius 2 is 1.95 bits per heavy atom. The normalized spacial score (nSPS) is 12.6. The van der Waals surface area contributed by atoms with E-state index in [1.54, 1.807) is 11.3 Å². The fourth-order valence-electron chi connectivity index (χ4n) is 1.85. The molecule has 1 N–H and O–H groups in total. The van der Waals surface area contributed by atoms with E-state index < -0.39 is 0 Å². The maximum atomic E-state index is 6.06. The first-order valence-electron chi connectivity index (χ1n) is 6.40. The van der Waals surface area contributed by atoms with Crippen LogP contribution in [-0.2, 0) is 0 Å². The van der Waals surface area contributed by atoms with E-state index in [-0.39, 0.29) is 0 Å². The highest BCUT2D eigenvalue weighted by molar-refractivity contribution is 7.15. The van der Waals surface area contributed by atoms with Gasteiger partial charge in [0.25, 0.3) is 0 Å². The number of benzene rings is 1. The molecule has 0 bridgehead atoms. The minimum Gasteiger partial charge on any atom is -0.309 e. The summed E-state index contributed by atoms with van der Waals surface area (Å²) >= 11 is 13.8. The molecule has 2 aromatic rings. The van der Waals surface area contributed by atoms with Crippen LogP contribution < -0.4 is 5.32 Å². The Morgan fingerprint density at radius 1 is 1.16 bits per heavy atom. The smallest absolute Gasteiger partial charge is 0.0598 e. The third-order valence-corrected chi connectivity index (χ3v) is 5.01. The van der Waals surface area contributed by atoms with E-state index in [1.807, 2.05) is 18.2 Å². The van der Waals surface area contributed by atoms with Gasteiger partial charge in [0.1, 0.15) is 0 Å². The van der Waals surface area contributed by atoms with Crippen LogP contribution in [0.5, 0.6) is 0 Å². The molecular weight excluding hydrogens is 297 g/mol. The Kier molecular flexibility index (Phi) is 5.28. The molecule has 0 aliphatic carbocycles. The third kappa shape index (κ3) is 3.73. The van der Waals surface area contributed by atoms with Gasteiger partial charge in [-0.25, -0.2) is 0 Å². The van der Waals surface area contributed by atoms with Crippen LogP contribution in [0.15, 0.2) is 30.3 Å². The molecule has 0 saturated heterocycles. The molecule has 0 aliphatic heterocycles. The Hall–Kier alpha value is -0.540. The largest absolute Gasteiger partial charge is 0.309 e. The van der Waals surface area contributed by atoms with Crippen molar-refractivity contribution < 1.29 is 0 Å². The zero-order chi connectivity index (χ0) is 13.8. The van der Waals surface area contributed by atoms with Gasteiger partial charge in [0, 0.05) is 15.8 Å². The van der Waals surface area contributed by atoms with Crippen LogP contribution in [-0.4, -0.2) is 6.54 Å². The second-order valence-electron chi connectivity index (χ2n) is 4.51. The van der Waals surface area contributed by atoms with Gasteiger partial charge in [0.15, 0.2) is 0 Å². The zero-order valence-corrected chi connectivity index (χ0v) is 13.4. The van der Waals surface area contributed by atoms with Gasteiger partial charge in [0.2, 0.25) is 0 Å². The lowest BCUT2D eigenvalue weighted by Crippen LogP contribution is -2.18. The standard InChI is InChI=1S/C15H17Cl2NS/c1-3-8-18-10(2)14-6-7-15(19-14)11-4-5-12(16)13(17)9-11/h4-7,9-10,18H,3,8H2,1-2H3. The van der Waals surface area contributed by atoms with E-state index in [0.717, 1.165) is 18.5 Å². The van der Waals surface area contributed by atoms with Gasteiger partial charge in [0.05, 0.1) is 10.0 Å². The molecule has 102 valence electrons. The summed E-state index contributed by atoms with van der Waals surface area (Å²) < 4.78 is 0. The molecular formula is C15H17Cl2NS. The van der Waals surface area contributed by atoms with E-state index in [2.05, 4.69) is 31.3 Å². The first-order valence-corrected chi connectivity index (χ1v) is 7.97. The van der Waals surface area contributed by atoms with Crippen LogP contribution in [0.1, 0.15) is 31.2 Å². The minimum atomic E-state index is 0.390. The van der Waals surface area contributed by atoms with E-state index in [9.17, 15) is 0 Å². The van der Waals surface area contributed by atoms with Crippen molar-refractivity contribution in [2.24, 2.45) is 0 Å². The molecule has 1 atom stereocenters. The fraction of sp³-hybridized carbons (Fsp3) is 0.333. The molecule has 0 aliphatic rings. The Balaban J connectivity index is 2.18. The van der Waals surface area contributed by atoms with Crippen molar-refractivity contribution >= 4 is 34.5 Å². The number of halogens is 2. The van der Waals surface area contributed by atoms with Crippen molar-refractivity contribution in [2.45, 2.75) is 26.3 Å². The van der Waals surface area contributed by atoms with Crippen molar-refractivity contribution in [3.63, 3.8) is 0 Å². The van der Waals surface area contributed by atoms with E-state index in [4.69, 9.17) is 23.2 Å². The summed E-state index contributed by atoms with van der Waals surface area (Å²) in [7, 11) is 0. The first-order chi connectivity index (χ1) is 9.11. The average Bonchev–Trinajstić information content (AvgIpc) is 2.89. The quantitative estimate of drug-likeness (QED) is 0.737. The molecule has 0 amide bonds. The van der Waals surface area contributed by atoms with Crippen molar-refractivity contribution in [1.29, 1.82) is 0 Å². The third-order valence-electron chi connectivity index (χ3n) is 2.96. The van der Waals surface area contributed by atoms with Crippen LogP contribution in [0, 0.1) is 0 Å². The molecule has 2 rings (SSSR count). The maximum absolute atomic E-state index is 6.06. The number of hydrogen-bond acceptors (Lipinski definition) is 2. The lowest BCUT2D eigenvalue weighted by molar-refractivity contribution is 0.578. The molecule has 0 radical (unpaired) electrons. The van der Waals surface area contributed by atoms with Gasteiger partial charge in [-0.2, -0.15) is 0 Å². The lowest BCUT2D eigenvalue weighted by atomic mass is 10.2. The minimum absolute atomic E-state index is 0.390. The number of thiophene rings is 1. The van der Waals surface area contributed by atoms with Crippen LogP contribution in [0.4, 0.5) is 0 Å². The second-order valence-corrected chi connectivity index (χ2v) is 6.44. The molecule has 1 heterocycles. The van der Waals surface area contributed by atoms with E-state index >= 15 is 0 Å². The molecule has 1 nitrogen and oxygen atoms in total. The summed E-state index contributed by atoms with van der Waals surface area (Å²) in [4.78, 5) is 2.56. The summed E-state index contributed by atoms with van der Waals surface area (Å²) in [5.41, 5.74) is 1.12. The molecule has 19 heavy (non-hydrogen) atoms. The number of rotatable bonds is 5. The topological polar surface area (TPSA) is 12.0 Å². The van der Waals surface area contributed by atoms with Gasteiger partial charge in [-0.3, -0.25) is 0 Å². The average molecular weight is 314 g/mol. The van der Waals surface area contributed by atoms with Gasteiger partial charge < -0.3 is 5.32 Å². The SMILES string of the molecule is CCCNC(C)c1ccc(-c2ccc(Cl)c(Cl)c2)s1. The molecule has 0 saturated carbocycles. The summed E-state index contributed by atoms with van der Waals surface area (Å²) in [6, 6.07) is 10.5. The summed E-state index contributed by atoms with van der Waals surface area (Å²) in [6.45, 7) is 5.41. The van der Waals surface area contributed by atoms with Gasteiger partial charge in [-0.05, 0) is 49.7 Å². The van der Waals surface area contributed by atoms with E-state index in [1.165, 1.54) is 9.75 Å². The molecule has 0 spiro atoms. The molecule has 4 heteroatoms. The number of hydrogen-bond donors (Lipinski definition) is 1. The van der Waals surface area contributed by atoms with Gasteiger partial charge >= 0.3 is 0 Å². The molecule has 0 fully saturated rings. The second kappa shape index (κ2) is 6.76. The maximum Gasteiger partial charge on any atom is 0.0598 e. The predicted octanol–water partition coefficient (Wildman–Crippen LogP) is 5.78. The molecule has 1 unspecified atom stereocenters. The Labute approximate surface area is 128 Å². The highest BCUT2D eigenvalue weighted by Gasteiger charge is 2.09. The number of nitrogens with one attached hydrogen (secondary N) is 1. The fourth-order valence-corrected chi connectivity index (χ4v) is 3.18. The first kappa shape index (κ1) is 14.9. The van der Waals surface area contributed by atoms with Crippen molar-refractivity contribution in [3.05, 3.63) is 45.3 Å². The van der Waals surface area contributed by atoms with Crippen molar-refractivity contribution in [2.75, 3.05) is 6.54 Å². The van der Waals surface area contributed by atoms with Crippen molar-refractivity contribution in [3.8, 4) is 10.4 Å². The van der Waals surface area contributed by atoms with Gasteiger partial charge in [-0.15, -0.1) is 11.3 Å². The predicted molar refractivity (Wildman–Crippen MR) is 86.5 cm³/mol. The van der Waals surface area contributed by atoms with Crippen LogP contribution in [0.25, 0.3) is 10.4 Å². The summed E-state index contributed by atoms with van der Waals surface area (Å²) in [5.74, 6) is 0. The highest BCUT2D eigenvalue weighted by Crippen LogP contribution is 2.34. The Bertz CT molecular complexity index is 551.